The topological polar surface area (TPSA) is 86.3 Å². The maximum Gasteiger partial charge on any atom is 0.207 e. The molecular weight excluding hydrogens is 344 g/mol. The molecule has 0 aromatic carbocycles. The van der Waals surface area contributed by atoms with Crippen LogP contribution in [0.5, 0.6) is 0 Å². The molecule has 0 saturated heterocycles. The molecule has 0 aliphatic heterocycles. The van der Waals surface area contributed by atoms with Gasteiger partial charge < -0.3 is 0 Å². The van der Waals surface area contributed by atoms with E-state index in [0.29, 0.717) is 24.7 Å². The molecule has 2 atom stereocenters. The van der Waals surface area contributed by atoms with E-state index in [-0.39, 0.29) is 22.9 Å². The van der Waals surface area contributed by atoms with Crippen molar-refractivity contribution < 1.29 is 9.85 Å². The molecule has 0 heterocycles. The van der Waals surface area contributed by atoms with Crippen molar-refractivity contribution in [1.29, 1.82) is 0 Å². The largest absolute Gasteiger partial charge is 0.265 e. The third kappa shape index (κ3) is 11.8. The Bertz CT molecular complexity index is 465. The first kappa shape index (κ1) is 23.6. The lowest BCUT2D eigenvalue weighted by Gasteiger charge is -2.21. The highest BCUT2D eigenvalue weighted by molar-refractivity contribution is 5.07. The van der Waals surface area contributed by atoms with E-state index in [2.05, 4.69) is 13.0 Å². The summed E-state index contributed by atoms with van der Waals surface area (Å²) in [6.45, 7) is 2.20. The minimum absolute atomic E-state index is 0.0216. The zero-order valence-electron chi connectivity index (χ0n) is 17.1. The van der Waals surface area contributed by atoms with E-state index in [0.717, 1.165) is 38.5 Å². The summed E-state index contributed by atoms with van der Waals surface area (Å²) in [6.07, 6.45) is 17.2. The number of rotatable bonds is 8. The lowest BCUT2D eigenvalue weighted by atomic mass is 9.84. The fraction of sp³-hybridized carbons (Fsp3) is 0.905. The summed E-state index contributed by atoms with van der Waals surface area (Å²) in [5, 5.41) is 21.6. The second-order valence-corrected chi connectivity index (χ2v) is 8.03. The Hall–Kier alpha value is -1.46. The Morgan fingerprint density at radius 1 is 0.852 bits per heavy atom. The fourth-order valence-corrected chi connectivity index (χ4v) is 4.38. The Kier molecular flexibility index (Phi) is 12.7. The van der Waals surface area contributed by atoms with Crippen molar-refractivity contribution in [2.24, 2.45) is 11.8 Å². The van der Waals surface area contributed by atoms with Crippen LogP contribution in [0.2, 0.25) is 0 Å². The molecule has 0 spiro atoms. The standard InChI is InChI=1S/C21H38N2O4/c1-2-10-20(16-18-23(26)27)21-13-8-6-4-3-5-7-11-19(12-9-14-21)15-17-22(24)25/h10,19,21H,2-9,11-18H2,1H3/b20-10+. The predicted molar refractivity (Wildman–Crippen MR) is 109 cm³/mol. The number of nitrogens with zero attached hydrogens (tertiary/aromatic N) is 2. The minimum Gasteiger partial charge on any atom is -0.265 e. The summed E-state index contributed by atoms with van der Waals surface area (Å²) in [5.74, 6) is 0.899. The summed E-state index contributed by atoms with van der Waals surface area (Å²) in [7, 11) is 0. The molecule has 1 saturated carbocycles. The van der Waals surface area contributed by atoms with Crippen LogP contribution in [0.25, 0.3) is 0 Å². The molecule has 156 valence electrons. The summed E-state index contributed by atoms with van der Waals surface area (Å²) in [5.41, 5.74) is 1.27. The zero-order valence-corrected chi connectivity index (χ0v) is 17.1. The molecule has 6 heteroatoms. The Balaban J connectivity index is 2.70. The van der Waals surface area contributed by atoms with Crippen LogP contribution in [0.3, 0.4) is 0 Å². The van der Waals surface area contributed by atoms with Gasteiger partial charge >= 0.3 is 0 Å². The predicted octanol–water partition coefficient (Wildman–Crippen LogP) is 6.19. The minimum atomic E-state index is -0.212. The van der Waals surface area contributed by atoms with E-state index in [1.165, 1.54) is 44.1 Å². The van der Waals surface area contributed by atoms with Crippen molar-refractivity contribution in [3.05, 3.63) is 31.9 Å². The molecule has 27 heavy (non-hydrogen) atoms. The van der Waals surface area contributed by atoms with Gasteiger partial charge in [0.15, 0.2) is 0 Å². The van der Waals surface area contributed by atoms with Crippen molar-refractivity contribution in [2.75, 3.05) is 13.1 Å². The van der Waals surface area contributed by atoms with Gasteiger partial charge in [0, 0.05) is 22.7 Å². The average molecular weight is 383 g/mol. The Morgan fingerprint density at radius 2 is 1.41 bits per heavy atom. The molecule has 2 unspecified atom stereocenters. The van der Waals surface area contributed by atoms with Crippen LogP contribution in [-0.2, 0) is 0 Å². The van der Waals surface area contributed by atoms with Crippen molar-refractivity contribution >= 4 is 0 Å². The monoisotopic (exact) mass is 382 g/mol. The van der Waals surface area contributed by atoms with Crippen LogP contribution in [-0.4, -0.2) is 22.9 Å². The molecule has 1 aliphatic carbocycles. The molecule has 0 aromatic rings. The van der Waals surface area contributed by atoms with Gasteiger partial charge in [-0.3, -0.25) is 20.2 Å². The van der Waals surface area contributed by atoms with Gasteiger partial charge in [0.25, 0.3) is 0 Å². The summed E-state index contributed by atoms with van der Waals surface area (Å²) in [6, 6.07) is 0. The van der Waals surface area contributed by atoms with Crippen LogP contribution in [0.4, 0.5) is 0 Å². The molecule has 0 bridgehead atoms. The molecule has 0 radical (unpaired) electrons. The maximum absolute atomic E-state index is 10.8. The van der Waals surface area contributed by atoms with E-state index in [9.17, 15) is 20.2 Å². The normalized spacial score (nSPS) is 23.7. The van der Waals surface area contributed by atoms with Gasteiger partial charge in [0.05, 0.1) is 0 Å². The number of nitro groups is 2. The first-order chi connectivity index (χ1) is 13.0. The molecule has 1 fully saturated rings. The van der Waals surface area contributed by atoms with Crippen molar-refractivity contribution in [2.45, 2.75) is 96.8 Å². The van der Waals surface area contributed by atoms with Crippen LogP contribution in [0.1, 0.15) is 96.8 Å². The van der Waals surface area contributed by atoms with Crippen LogP contribution >= 0.6 is 0 Å². The first-order valence-electron chi connectivity index (χ1n) is 11.0. The highest BCUT2D eigenvalue weighted by atomic mass is 16.6. The molecule has 0 amide bonds. The molecule has 1 aliphatic rings. The molecule has 0 N–H and O–H groups in total. The van der Waals surface area contributed by atoms with Gasteiger partial charge in [-0.25, -0.2) is 0 Å². The second kappa shape index (κ2) is 14.6. The lowest BCUT2D eigenvalue weighted by molar-refractivity contribution is -0.481. The Labute approximate surface area is 164 Å². The first-order valence-corrected chi connectivity index (χ1v) is 11.0. The number of hydrogen-bond acceptors (Lipinski definition) is 4. The summed E-state index contributed by atoms with van der Waals surface area (Å²) < 4.78 is 0. The van der Waals surface area contributed by atoms with Crippen LogP contribution in [0.15, 0.2) is 11.6 Å². The summed E-state index contributed by atoms with van der Waals surface area (Å²) >= 11 is 0. The lowest BCUT2D eigenvalue weighted by Crippen LogP contribution is -2.12. The van der Waals surface area contributed by atoms with Crippen LogP contribution < -0.4 is 0 Å². The quantitative estimate of drug-likeness (QED) is 0.284. The molecule has 0 aromatic heterocycles. The fourth-order valence-electron chi connectivity index (χ4n) is 4.38. The second-order valence-electron chi connectivity index (χ2n) is 8.03. The van der Waals surface area contributed by atoms with Crippen molar-refractivity contribution in [3.8, 4) is 0 Å². The van der Waals surface area contributed by atoms with Gasteiger partial charge in [0.2, 0.25) is 13.1 Å². The van der Waals surface area contributed by atoms with Gasteiger partial charge in [-0.15, -0.1) is 0 Å². The Morgan fingerprint density at radius 3 is 2.04 bits per heavy atom. The van der Waals surface area contributed by atoms with E-state index in [1.54, 1.807) is 0 Å². The SMILES string of the molecule is CC/C=C(\CC[N+](=O)[O-])C1CCCCCCCCC(CC[N+](=O)[O-])CCC1. The van der Waals surface area contributed by atoms with Gasteiger partial charge in [-0.2, -0.15) is 0 Å². The van der Waals surface area contributed by atoms with E-state index < -0.39 is 0 Å². The van der Waals surface area contributed by atoms with Gasteiger partial charge in [-0.05, 0) is 31.1 Å². The van der Waals surface area contributed by atoms with E-state index in [4.69, 9.17) is 0 Å². The van der Waals surface area contributed by atoms with Crippen molar-refractivity contribution in [3.63, 3.8) is 0 Å². The number of hydrogen-bond donors (Lipinski definition) is 0. The van der Waals surface area contributed by atoms with Crippen molar-refractivity contribution in [1.82, 2.24) is 0 Å². The van der Waals surface area contributed by atoms with Gasteiger partial charge in [-0.1, -0.05) is 76.4 Å². The van der Waals surface area contributed by atoms with E-state index >= 15 is 0 Å². The maximum atomic E-state index is 10.8. The highest BCUT2D eigenvalue weighted by Crippen LogP contribution is 2.30. The smallest absolute Gasteiger partial charge is 0.207 e. The molecule has 6 nitrogen and oxygen atoms in total. The van der Waals surface area contributed by atoms with Gasteiger partial charge in [0.1, 0.15) is 0 Å². The summed E-state index contributed by atoms with van der Waals surface area (Å²) in [4.78, 5) is 21.2. The molecular formula is C21H38N2O4. The number of allylic oxidation sites excluding steroid dienone is 1. The van der Waals surface area contributed by atoms with Crippen LogP contribution in [0, 0.1) is 32.1 Å². The third-order valence-electron chi connectivity index (χ3n) is 5.87. The molecule has 1 rings (SSSR count). The third-order valence-corrected chi connectivity index (χ3v) is 5.87. The highest BCUT2D eigenvalue weighted by Gasteiger charge is 2.18. The average Bonchev–Trinajstić information content (AvgIpc) is 2.64. The zero-order chi connectivity index (χ0) is 19.9. The van der Waals surface area contributed by atoms with E-state index in [1.807, 2.05) is 0 Å².